The lowest BCUT2D eigenvalue weighted by Crippen LogP contribution is -2.32. The molecule has 1 aromatic heterocycles. The average molecular weight is 446 g/mol. The summed E-state index contributed by atoms with van der Waals surface area (Å²) in [7, 11) is 0. The molecule has 1 heterocycles. The Balaban J connectivity index is 2.55. The van der Waals surface area contributed by atoms with Gasteiger partial charge in [0.1, 0.15) is 6.04 Å². The van der Waals surface area contributed by atoms with Gasteiger partial charge < -0.3 is 15.4 Å². The molecule has 0 saturated heterocycles. The van der Waals surface area contributed by atoms with Crippen LogP contribution in [-0.2, 0) is 4.79 Å². The minimum atomic E-state index is -0.869. The number of carboxylic acid groups (broad SMARTS) is 1. The van der Waals surface area contributed by atoms with Gasteiger partial charge in [-0.1, -0.05) is 46.6 Å². The van der Waals surface area contributed by atoms with Crippen molar-refractivity contribution < 1.29 is 9.90 Å². The van der Waals surface area contributed by atoms with Crippen molar-refractivity contribution in [3.05, 3.63) is 59.0 Å². The van der Waals surface area contributed by atoms with E-state index in [9.17, 15) is 9.90 Å². The Morgan fingerprint density at radius 3 is 2.42 bits per heavy atom. The molecule has 0 fully saturated rings. The Hall–Kier alpha value is -2.21. The van der Waals surface area contributed by atoms with Crippen LogP contribution in [0.2, 0.25) is 0 Å². The largest absolute Gasteiger partial charge is 0.480 e. The number of aromatic nitrogens is 2. The molecular formula is C25H39N3O2S. The van der Waals surface area contributed by atoms with Crippen LogP contribution in [0.5, 0.6) is 0 Å². The summed E-state index contributed by atoms with van der Waals surface area (Å²) in [5, 5.41) is 12.4. The summed E-state index contributed by atoms with van der Waals surface area (Å²) < 4.78 is 0. The summed E-state index contributed by atoms with van der Waals surface area (Å²) in [6.45, 7) is 10.7. The van der Waals surface area contributed by atoms with Crippen molar-refractivity contribution in [3.8, 4) is 0 Å². The fourth-order valence-electron chi connectivity index (χ4n) is 2.86. The molecule has 0 spiro atoms. The normalized spacial score (nSPS) is 12.9. The molecule has 0 aliphatic heterocycles. The van der Waals surface area contributed by atoms with E-state index < -0.39 is 12.0 Å². The minimum absolute atomic E-state index is 0.478. The number of rotatable bonds is 15. The molecule has 6 heteroatoms. The summed E-state index contributed by atoms with van der Waals surface area (Å²) in [6.07, 6.45) is 17.7. The molecule has 1 rings (SSSR count). The van der Waals surface area contributed by atoms with E-state index in [-0.39, 0.29) is 0 Å². The second-order valence-corrected chi connectivity index (χ2v) is 9.34. The van der Waals surface area contributed by atoms with Crippen molar-refractivity contribution in [2.45, 2.75) is 72.8 Å². The van der Waals surface area contributed by atoms with Crippen LogP contribution in [0.4, 0.5) is 5.95 Å². The summed E-state index contributed by atoms with van der Waals surface area (Å²) in [5.41, 5.74) is 5.55. The second-order valence-electron chi connectivity index (χ2n) is 8.27. The van der Waals surface area contributed by atoms with Crippen LogP contribution in [0.25, 0.3) is 0 Å². The number of aliphatic carboxylic acids is 1. The van der Waals surface area contributed by atoms with Crippen LogP contribution >= 0.6 is 11.8 Å². The number of carboxylic acids is 1. The van der Waals surface area contributed by atoms with E-state index >= 15 is 0 Å². The number of hydrogen-bond donors (Lipinski definition) is 3. The first-order valence-corrected chi connectivity index (χ1v) is 12.1. The lowest BCUT2D eigenvalue weighted by atomic mass is 10.0. The van der Waals surface area contributed by atoms with Gasteiger partial charge in [0.25, 0.3) is 0 Å². The summed E-state index contributed by atoms with van der Waals surface area (Å²) >= 11 is 1.62. The van der Waals surface area contributed by atoms with Crippen LogP contribution in [0.1, 0.15) is 66.7 Å². The van der Waals surface area contributed by atoms with E-state index in [1.807, 2.05) is 0 Å². The molecule has 172 valence electrons. The van der Waals surface area contributed by atoms with Crippen LogP contribution in [0, 0.1) is 0 Å². The molecule has 0 bridgehead atoms. The standard InChI is InChI=1S/C25H39N3O2S/c1-19(2)8-6-9-21(5)10-7-11-22(13-12-20(3)4)14-17-31-18-23(24(29)30)28-25-26-15-16-27-25/h8,10,12,14-16,23H,6-7,9,11,13,17-18H2,1-5H3,(H,29,30)(H2,26,27,28)/b21-10+,22-14-. The molecule has 0 radical (unpaired) electrons. The van der Waals surface area contributed by atoms with Gasteiger partial charge in [0, 0.05) is 23.9 Å². The number of H-pyrrole nitrogens is 1. The number of hydrogen-bond acceptors (Lipinski definition) is 4. The lowest BCUT2D eigenvalue weighted by Gasteiger charge is -2.13. The molecule has 1 unspecified atom stereocenters. The molecule has 1 aromatic rings. The Bertz CT molecular complexity index is 769. The predicted molar refractivity (Wildman–Crippen MR) is 135 cm³/mol. The van der Waals surface area contributed by atoms with Gasteiger partial charge in [-0.05, 0) is 66.7 Å². The van der Waals surface area contributed by atoms with Crippen molar-refractivity contribution in [2.75, 3.05) is 16.8 Å². The number of anilines is 1. The highest BCUT2D eigenvalue weighted by Gasteiger charge is 2.17. The second kappa shape index (κ2) is 15.6. The number of aromatic amines is 1. The quantitative estimate of drug-likeness (QED) is 0.205. The van der Waals surface area contributed by atoms with Crippen LogP contribution in [0.3, 0.4) is 0 Å². The van der Waals surface area contributed by atoms with Crippen molar-refractivity contribution in [2.24, 2.45) is 0 Å². The summed E-state index contributed by atoms with van der Waals surface area (Å²) in [4.78, 5) is 18.4. The predicted octanol–water partition coefficient (Wildman–Crippen LogP) is 6.76. The van der Waals surface area contributed by atoms with Crippen LogP contribution in [-0.4, -0.2) is 38.6 Å². The van der Waals surface area contributed by atoms with E-state index in [1.165, 1.54) is 22.3 Å². The Morgan fingerprint density at radius 2 is 1.81 bits per heavy atom. The maximum atomic E-state index is 11.5. The Labute approximate surface area is 192 Å². The first kappa shape index (κ1) is 26.8. The smallest absolute Gasteiger partial charge is 0.327 e. The molecule has 5 nitrogen and oxygen atoms in total. The third-order valence-corrected chi connectivity index (χ3v) is 5.68. The molecule has 3 N–H and O–H groups in total. The molecule has 31 heavy (non-hydrogen) atoms. The van der Waals surface area contributed by atoms with E-state index in [0.29, 0.717) is 11.7 Å². The fraction of sp³-hybridized carbons (Fsp3) is 0.520. The highest BCUT2D eigenvalue weighted by molar-refractivity contribution is 7.99. The number of nitrogens with one attached hydrogen (secondary N) is 2. The van der Waals surface area contributed by atoms with Crippen molar-refractivity contribution in [1.82, 2.24) is 9.97 Å². The first-order valence-electron chi connectivity index (χ1n) is 10.9. The van der Waals surface area contributed by atoms with Crippen LogP contribution in [0.15, 0.2) is 59.0 Å². The number of nitrogens with zero attached hydrogens (tertiary/aromatic N) is 1. The first-order chi connectivity index (χ1) is 14.8. The van der Waals surface area contributed by atoms with Gasteiger partial charge in [0.2, 0.25) is 5.95 Å². The molecule has 1 atom stereocenters. The minimum Gasteiger partial charge on any atom is -0.480 e. The Kier molecular flexibility index (Phi) is 13.5. The zero-order valence-electron chi connectivity index (χ0n) is 19.7. The highest BCUT2D eigenvalue weighted by atomic mass is 32.2. The van der Waals surface area contributed by atoms with Gasteiger partial charge in [0.05, 0.1) is 0 Å². The van der Waals surface area contributed by atoms with E-state index in [4.69, 9.17) is 0 Å². The summed E-state index contributed by atoms with van der Waals surface area (Å²) in [5.74, 6) is 0.899. The third-order valence-electron chi connectivity index (χ3n) is 4.70. The highest BCUT2D eigenvalue weighted by Crippen LogP contribution is 2.17. The molecule has 0 saturated carbocycles. The van der Waals surface area contributed by atoms with Crippen molar-refractivity contribution >= 4 is 23.7 Å². The Morgan fingerprint density at radius 1 is 1.10 bits per heavy atom. The number of carbonyl (C=O) groups is 1. The molecule has 0 aliphatic carbocycles. The van der Waals surface area contributed by atoms with E-state index in [0.717, 1.165) is 37.9 Å². The SMILES string of the molecule is CC(C)=CCC/C(C)=C/CC/C(=C/CSCC(Nc1ncc[nH]1)C(=O)O)CC=C(C)C. The van der Waals surface area contributed by atoms with Crippen molar-refractivity contribution in [1.29, 1.82) is 0 Å². The monoisotopic (exact) mass is 445 g/mol. The number of allylic oxidation sites excluding steroid dienone is 7. The topological polar surface area (TPSA) is 78.0 Å². The molecule has 0 aromatic carbocycles. The zero-order valence-corrected chi connectivity index (χ0v) is 20.5. The average Bonchev–Trinajstić information content (AvgIpc) is 3.20. The summed E-state index contributed by atoms with van der Waals surface area (Å²) in [6, 6.07) is -0.669. The fourth-order valence-corrected chi connectivity index (χ4v) is 3.82. The number of imidazole rings is 1. The van der Waals surface area contributed by atoms with Gasteiger partial charge in [0.15, 0.2) is 0 Å². The molecule has 0 amide bonds. The van der Waals surface area contributed by atoms with Crippen LogP contribution < -0.4 is 5.32 Å². The van der Waals surface area contributed by atoms with Gasteiger partial charge in [-0.2, -0.15) is 11.8 Å². The van der Waals surface area contributed by atoms with E-state index in [1.54, 1.807) is 24.2 Å². The lowest BCUT2D eigenvalue weighted by molar-refractivity contribution is -0.137. The molecule has 0 aliphatic rings. The van der Waals surface area contributed by atoms with Gasteiger partial charge in [-0.15, -0.1) is 0 Å². The zero-order chi connectivity index (χ0) is 23.1. The van der Waals surface area contributed by atoms with Gasteiger partial charge >= 0.3 is 5.97 Å². The van der Waals surface area contributed by atoms with Gasteiger partial charge in [-0.25, -0.2) is 9.78 Å². The number of thioether (sulfide) groups is 1. The maximum Gasteiger partial charge on any atom is 0.327 e. The maximum absolute atomic E-state index is 11.5. The van der Waals surface area contributed by atoms with E-state index in [2.05, 4.69) is 74.2 Å². The third kappa shape index (κ3) is 13.7. The van der Waals surface area contributed by atoms with Crippen molar-refractivity contribution in [3.63, 3.8) is 0 Å². The molecular weight excluding hydrogens is 406 g/mol. The van der Waals surface area contributed by atoms with Gasteiger partial charge in [-0.3, -0.25) is 0 Å².